The topological polar surface area (TPSA) is 78.9 Å². The molecular weight excluding hydrogens is 260 g/mol. The molecule has 1 unspecified atom stereocenters. The monoisotopic (exact) mass is 286 g/mol. The standard InChI is InChI=1S/C14H26N2O4/c1-3-15-11(2)10-13(17)16-7-4-12(5-8-16)20-9-6-14(18)19/h11-12,15H,3-10H2,1-2H3,(H,18,19). The molecular formula is C14H26N2O4. The quantitative estimate of drug-likeness (QED) is 0.692. The summed E-state index contributed by atoms with van der Waals surface area (Å²) in [5.41, 5.74) is 0. The molecule has 1 amide bonds. The fraction of sp³-hybridized carbons (Fsp3) is 0.857. The highest BCUT2D eigenvalue weighted by Gasteiger charge is 2.24. The number of likely N-dealkylation sites (tertiary alicyclic amines) is 1. The first-order valence-corrected chi connectivity index (χ1v) is 7.37. The fourth-order valence-electron chi connectivity index (χ4n) is 2.40. The SMILES string of the molecule is CCNC(C)CC(=O)N1CCC(OCCC(=O)O)CC1. The zero-order valence-corrected chi connectivity index (χ0v) is 12.4. The van der Waals surface area contributed by atoms with E-state index in [-0.39, 0.29) is 31.1 Å². The predicted molar refractivity (Wildman–Crippen MR) is 75.6 cm³/mol. The summed E-state index contributed by atoms with van der Waals surface area (Å²) in [7, 11) is 0. The van der Waals surface area contributed by atoms with Crippen molar-refractivity contribution in [3.8, 4) is 0 Å². The Kier molecular flexibility index (Phi) is 7.54. The molecule has 1 saturated heterocycles. The van der Waals surface area contributed by atoms with Crippen molar-refractivity contribution in [1.82, 2.24) is 10.2 Å². The number of nitrogens with zero attached hydrogens (tertiary/aromatic N) is 1. The fourth-order valence-corrected chi connectivity index (χ4v) is 2.40. The van der Waals surface area contributed by atoms with Crippen molar-refractivity contribution in [1.29, 1.82) is 0 Å². The molecule has 0 spiro atoms. The molecule has 0 radical (unpaired) electrons. The van der Waals surface area contributed by atoms with Crippen molar-refractivity contribution in [2.45, 2.75) is 51.7 Å². The van der Waals surface area contributed by atoms with Crippen LogP contribution in [-0.2, 0) is 14.3 Å². The van der Waals surface area contributed by atoms with Gasteiger partial charge < -0.3 is 20.1 Å². The normalized spacial score (nSPS) is 18.0. The first-order valence-electron chi connectivity index (χ1n) is 7.37. The molecule has 1 aliphatic rings. The van der Waals surface area contributed by atoms with Crippen LogP contribution in [-0.4, -0.2) is 60.3 Å². The zero-order valence-electron chi connectivity index (χ0n) is 12.4. The Morgan fingerprint density at radius 3 is 2.60 bits per heavy atom. The number of hydrogen-bond donors (Lipinski definition) is 2. The van der Waals surface area contributed by atoms with Crippen LogP contribution in [0.2, 0.25) is 0 Å². The summed E-state index contributed by atoms with van der Waals surface area (Å²) < 4.78 is 5.51. The largest absolute Gasteiger partial charge is 0.481 e. The van der Waals surface area contributed by atoms with E-state index in [4.69, 9.17) is 9.84 Å². The van der Waals surface area contributed by atoms with Crippen LogP contribution in [0.3, 0.4) is 0 Å². The molecule has 1 aliphatic heterocycles. The number of hydrogen-bond acceptors (Lipinski definition) is 4. The van der Waals surface area contributed by atoms with Gasteiger partial charge >= 0.3 is 5.97 Å². The number of carbonyl (C=O) groups is 2. The maximum Gasteiger partial charge on any atom is 0.305 e. The molecule has 0 saturated carbocycles. The van der Waals surface area contributed by atoms with E-state index in [1.54, 1.807) is 0 Å². The van der Waals surface area contributed by atoms with Gasteiger partial charge in [0.15, 0.2) is 0 Å². The van der Waals surface area contributed by atoms with Gasteiger partial charge in [-0.05, 0) is 26.3 Å². The number of piperidine rings is 1. The third kappa shape index (κ3) is 6.34. The average molecular weight is 286 g/mol. The van der Waals surface area contributed by atoms with Gasteiger partial charge in [0.1, 0.15) is 0 Å². The second-order valence-corrected chi connectivity index (χ2v) is 5.26. The van der Waals surface area contributed by atoms with E-state index < -0.39 is 5.97 Å². The summed E-state index contributed by atoms with van der Waals surface area (Å²) in [6.45, 7) is 6.58. The molecule has 2 N–H and O–H groups in total. The van der Waals surface area contributed by atoms with Crippen LogP contribution in [0.15, 0.2) is 0 Å². The minimum absolute atomic E-state index is 0.0410. The Balaban J connectivity index is 2.20. The number of aliphatic carboxylic acids is 1. The maximum atomic E-state index is 12.1. The minimum atomic E-state index is -0.838. The second kappa shape index (κ2) is 8.92. The maximum absolute atomic E-state index is 12.1. The van der Waals surface area contributed by atoms with Gasteiger partial charge in [-0.3, -0.25) is 9.59 Å². The highest BCUT2D eigenvalue weighted by atomic mass is 16.5. The zero-order chi connectivity index (χ0) is 15.0. The average Bonchev–Trinajstić information content (AvgIpc) is 2.39. The summed E-state index contributed by atoms with van der Waals surface area (Å²) in [6.07, 6.45) is 2.24. The molecule has 20 heavy (non-hydrogen) atoms. The number of carbonyl (C=O) groups excluding carboxylic acids is 1. The molecule has 1 heterocycles. The van der Waals surface area contributed by atoms with E-state index >= 15 is 0 Å². The Labute approximate surface area is 120 Å². The van der Waals surface area contributed by atoms with Crippen LogP contribution < -0.4 is 5.32 Å². The van der Waals surface area contributed by atoms with Crippen molar-refractivity contribution in [2.75, 3.05) is 26.2 Å². The molecule has 0 aromatic carbocycles. The van der Waals surface area contributed by atoms with Gasteiger partial charge in [0.25, 0.3) is 0 Å². The summed E-state index contributed by atoms with van der Waals surface area (Å²) >= 11 is 0. The molecule has 6 nitrogen and oxygen atoms in total. The van der Waals surface area contributed by atoms with Gasteiger partial charge in [0.05, 0.1) is 19.1 Å². The smallest absolute Gasteiger partial charge is 0.305 e. The Morgan fingerprint density at radius 1 is 1.40 bits per heavy atom. The molecule has 116 valence electrons. The van der Waals surface area contributed by atoms with Gasteiger partial charge in [-0.25, -0.2) is 0 Å². The molecule has 1 rings (SSSR count). The minimum Gasteiger partial charge on any atom is -0.481 e. The number of nitrogens with one attached hydrogen (secondary N) is 1. The number of carboxylic acid groups (broad SMARTS) is 1. The van der Waals surface area contributed by atoms with Gasteiger partial charge in [0, 0.05) is 25.6 Å². The molecule has 0 aliphatic carbocycles. The number of rotatable bonds is 8. The van der Waals surface area contributed by atoms with Crippen LogP contribution in [0, 0.1) is 0 Å². The molecule has 6 heteroatoms. The summed E-state index contributed by atoms with van der Waals surface area (Å²) in [5, 5.41) is 11.8. The first kappa shape index (κ1) is 16.9. The molecule has 1 fully saturated rings. The van der Waals surface area contributed by atoms with Gasteiger partial charge in [-0.15, -0.1) is 0 Å². The third-order valence-electron chi connectivity index (χ3n) is 3.50. The molecule has 1 atom stereocenters. The van der Waals surface area contributed by atoms with Gasteiger partial charge in [0.2, 0.25) is 5.91 Å². The van der Waals surface area contributed by atoms with E-state index in [2.05, 4.69) is 5.32 Å². The van der Waals surface area contributed by atoms with E-state index in [1.807, 2.05) is 18.7 Å². The Hall–Kier alpha value is -1.14. The predicted octanol–water partition coefficient (Wildman–Crippen LogP) is 0.857. The lowest BCUT2D eigenvalue weighted by Crippen LogP contribution is -2.43. The van der Waals surface area contributed by atoms with Crippen LogP contribution in [0.4, 0.5) is 0 Å². The number of amides is 1. The van der Waals surface area contributed by atoms with E-state index in [9.17, 15) is 9.59 Å². The summed E-state index contributed by atoms with van der Waals surface area (Å²) in [5.74, 6) is -0.655. The molecule has 0 aromatic rings. The van der Waals surface area contributed by atoms with Crippen LogP contribution >= 0.6 is 0 Å². The van der Waals surface area contributed by atoms with Gasteiger partial charge in [-0.2, -0.15) is 0 Å². The number of carboxylic acids is 1. The third-order valence-corrected chi connectivity index (χ3v) is 3.50. The lowest BCUT2D eigenvalue weighted by molar-refractivity contribution is -0.139. The van der Waals surface area contributed by atoms with Crippen molar-refractivity contribution in [2.24, 2.45) is 0 Å². The van der Waals surface area contributed by atoms with Crippen molar-refractivity contribution >= 4 is 11.9 Å². The van der Waals surface area contributed by atoms with Crippen LogP contribution in [0.5, 0.6) is 0 Å². The Morgan fingerprint density at radius 2 is 2.05 bits per heavy atom. The second-order valence-electron chi connectivity index (χ2n) is 5.26. The Bertz CT molecular complexity index is 314. The number of ether oxygens (including phenoxy) is 1. The van der Waals surface area contributed by atoms with Gasteiger partial charge in [-0.1, -0.05) is 6.92 Å². The summed E-state index contributed by atoms with van der Waals surface area (Å²) in [6, 6.07) is 0.206. The first-order chi connectivity index (χ1) is 9.52. The molecule has 0 aromatic heterocycles. The highest BCUT2D eigenvalue weighted by molar-refractivity contribution is 5.76. The lowest BCUT2D eigenvalue weighted by atomic mass is 10.1. The van der Waals surface area contributed by atoms with E-state index in [0.29, 0.717) is 19.5 Å². The summed E-state index contributed by atoms with van der Waals surface area (Å²) in [4.78, 5) is 24.3. The lowest BCUT2D eigenvalue weighted by Gasteiger charge is -2.32. The van der Waals surface area contributed by atoms with Crippen molar-refractivity contribution in [3.63, 3.8) is 0 Å². The van der Waals surface area contributed by atoms with Crippen LogP contribution in [0.1, 0.15) is 39.5 Å². The van der Waals surface area contributed by atoms with E-state index in [0.717, 1.165) is 19.4 Å². The van der Waals surface area contributed by atoms with Crippen molar-refractivity contribution < 1.29 is 19.4 Å². The van der Waals surface area contributed by atoms with E-state index in [1.165, 1.54) is 0 Å². The highest BCUT2D eigenvalue weighted by Crippen LogP contribution is 2.15. The van der Waals surface area contributed by atoms with Crippen molar-refractivity contribution in [3.05, 3.63) is 0 Å². The molecule has 0 bridgehead atoms. The van der Waals surface area contributed by atoms with Crippen LogP contribution in [0.25, 0.3) is 0 Å².